The normalized spacial score (nSPS) is 16.5. The van der Waals surface area contributed by atoms with Gasteiger partial charge in [0.15, 0.2) is 5.82 Å². The van der Waals surface area contributed by atoms with Crippen LogP contribution in [-0.2, 0) is 12.0 Å². The van der Waals surface area contributed by atoms with Crippen molar-refractivity contribution in [2.75, 3.05) is 0 Å². The Morgan fingerprint density at radius 2 is 1.66 bits per heavy atom. The number of ether oxygens (including phenoxy) is 1. The SMILES string of the molecule is CC(C)n1nnnc1-c1ccc(C(C)(c2ccc(OCc3ccccn3)cc2)C2(C)CCC2)cc1. The zero-order valence-electron chi connectivity index (χ0n) is 21.0. The van der Waals surface area contributed by atoms with Crippen molar-refractivity contribution >= 4 is 0 Å². The first-order valence-corrected chi connectivity index (χ1v) is 12.4. The average Bonchev–Trinajstić information content (AvgIpc) is 3.37. The molecule has 5 rings (SSSR count). The number of nitrogens with zero attached hydrogens (tertiary/aromatic N) is 5. The lowest BCUT2D eigenvalue weighted by molar-refractivity contribution is 0.0751. The highest BCUT2D eigenvalue weighted by molar-refractivity contribution is 5.57. The molecule has 2 heterocycles. The fourth-order valence-electron chi connectivity index (χ4n) is 5.28. The van der Waals surface area contributed by atoms with Crippen molar-refractivity contribution in [1.82, 2.24) is 25.2 Å². The Hall–Kier alpha value is -3.54. The molecule has 180 valence electrons. The van der Waals surface area contributed by atoms with Crippen molar-refractivity contribution in [1.29, 1.82) is 0 Å². The van der Waals surface area contributed by atoms with Gasteiger partial charge in [-0.3, -0.25) is 4.98 Å². The molecule has 0 amide bonds. The molecule has 1 atom stereocenters. The van der Waals surface area contributed by atoms with Gasteiger partial charge >= 0.3 is 0 Å². The van der Waals surface area contributed by atoms with Crippen LogP contribution in [-0.4, -0.2) is 25.2 Å². The second-order valence-electron chi connectivity index (χ2n) is 10.3. The van der Waals surface area contributed by atoms with Crippen LogP contribution in [0.4, 0.5) is 0 Å². The number of benzene rings is 2. The molecule has 2 aromatic carbocycles. The molecule has 6 nitrogen and oxygen atoms in total. The lowest BCUT2D eigenvalue weighted by Gasteiger charge is -2.53. The van der Waals surface area contributed by atoms with Gasteiger partial charge in [0.1, 0.15) is 12.4 Å². The summed E-state index contributed by atoms with van der Waals surface area (Å²) in [5, 5.41) is 12.3. The van der Waals surface area contributed by atoms with Gasteiger partial charge in [-0.15, -0.1) is 5.10 Å². The smallest absolute Gasteiger partial charge is 0.182 e. The molecule has 1 aliphatic rings. The van der Waals surface area contributed by atoms with Gasteiger partial charge in [-0.05, 0) is 77.9 Å². The number of pyridine rings is 1. The molecule has 0 bridgehead atoms. The Morgan fingerprint density at radius 1 is 0.971 bits per heavy atom. The van der Waals surface area contributed by atoms with Gasteiger partial charge in [0.25, 0.3) is 0 Å². The lowest BCUT2D eigenvalue weighted by atomic mass is 9.50. The maximum atomic E-state index is 6.00. The van der Waals surface area contributed by atoms with E-state index in [4.69, 9.17) is 4.74 Å². The molecule has 2 aromatic heterocycles. The molecule has 35 heavy (non-hydrogen) atoms. The van der Waals surface area contributed by atoms with Crippen LogP contribution >= 0.6 is 0 Å². The summed E-state index contributed by atoms with van der Waals surface area (Å²) in [4.78, 5) is 4.34. The van der Waals surface area contributed by atoms with Gasteiger partial charge in [-0.25, -0.2) is 4.68 Å². The first kappa shape index (κ1) is 23.2. The first-order chi connectivity index (χ1) is 16.9. The van der Waals surface area contributed by atoms with E-state index >= 15 is 0 Å². The predicted molar refractivity (Wildman–Crippen MR) is 137 cm³/mol. The minimum Gasteiger partial charge on any atom is -0.487 e. The molecule has 1 aliphatic carbocycles. The molecular formula is C29H33N5O. The zero-order valence-corrected chi connectivity index (χ0v) is 21.0. The molecule has 6 heteroatoms. The second kappa shape index (κ2) is 9.25. The minimum absolute atomic E-state index is 0.118. The van der Waals surface area contributed by atoms with Crippen LogP contribution in [0.15, 0.2) is 72.9 Å². The van der Waals surface area contributed by atoms with E-state index in [1.165, 1.54) is 30.4 Å². The van der Waals surface area contributed by atoms with Crippen LogP contribution in [0.25, 0.3) is 11.4 Å². The molecule has 1 fully saturated rings. The molecular weight excluding hydrogens is 434 g/mol. The Bertz CT molecular complexity index is 1260. The summed E-state index contributed by atoms with van der Waals surface area (Å²) < 4.78 is 7.86. The molecule has 0 aliphatic heterocycles. The quantitative estimate of drug-likeness (QED) is 0.300. The number of tetrazole rings is 1. The fraction of sp³-hybridized carbons (Fsp3) is 0.379. The van der Waals surface area contributed by atoms with Crippen LogP contribution in [0, 0.1) is 5.41 Å². The van der Waals surface area contributed by atoms with Crippen LogP contribution < -0.4 is 4.74 Å². The summed E-state index contributed by atoms with van der Waals surface area (Å²) in [7, 11) is 0. The maximum absolute atomic E-state index is 6.00. The summed E-state index contributed by atoms with van der Waals surface area (Å²) in [5.41, 5.74) is 4.66. The molecule has 0 radical (unpaired) electrons. The third kappa shape index (κ3) is 4.22. The fourth-order valence-corrected chi connectivity index (χ4v) is 5.28. The first-order valence-electron chi connectivity index (χ1n) is 12.4. The van der Waals surface area contributed by atoms with Gasteiger partial charge in [0, 0.05) is 17.2 Å². The minimum atomic E-state index is -0.118. The summed E-state index contributed by atoms with van der Waals surface area (Å²) in [5.74, 6) is 1.66. The molecule has 4 aromatic rings. The van der Waals surface area contributed by atoms with E-state index in [1.807, 2.05) is 22.9 Å². The summed E-state index contributed by atoms with van der Waals surface area (Å²) in [6.45, 7) is 9.46. The molecule has 0 spiro atoms. The molecule has 0 saturated heterocycles. The van der Waals surface area contributed by atoms with E-state index in [-0.39, 0.29) is 16.9 Å². The molecule has 1 unspecified atom stereocenters. The molecule has 0 N–H and O–H groups in total. The van der Waals surface area contributed by atoms with E-state index in [1.54, 1.807) is 6.20 Å². The Kier molecular flexibility index (Phi) is 6.13. The van der Waals surface area contributed by atoms with Crippen molar-refractivity contribution in [3.8, 4) is 17.1 Å². The van der Waals surface area contributed by atoms with Crippen LogP contribution in [0.3, 0.4) is 0 Å². The maximum Gasteiger partial charge on any atom is 0.182 e. The van der Waals surface area contributed by atoms with Gasteiger partial charge < -0.3 is 4.74 Å². The Balaban J connectivity index is 1.43. The lowest BCUT2D eigenvalue weighted by Crippen LogP contribution is -2.47. The predicted octanol–water partition coefficient (Wildman–Crippen LogP) is 6.39. The number of hydrogen-bond acceptors (Lipinski definition) is 5. The average molecular weight is 468 g/mol. The molecule has 1 saturated carbocycles. The van der Waals surface area contributed by atoms with Crippen LogP contribution in [0.2, 0.25) is 0 Å². The van der Waals surface area contributed by atoms with E-state index < -0.39 is 0 Å². The highest BCUT2D eigenvalue weighted by atomic mass is 16.5. The highest BCUT2D eigenvalue weighted by Gasteiger charge is 2.50. The largest absolute Gasteiger partial charge is 0.487 e. The Labute approximate surface area is 207 Å². The highest BCUT2D eigenvalue weighted by Crippen LogP contribution is 2.58. The van der Waals surface area contributed by atoms with Crippen molar-refractivity contribution in [2.45, 2.75) is 65.0 Å². The van der Waals surface area contributed by atoms with Gasteiger partial charge in [-0.1, -0.05) is 62.7 Å². The van der Waals surface area contributed by atoms with Gasteiger partial charge in [0.05, 0.1) is 11.7 Å². The van der Waals surface area contributed by atoms with Crippen molar-refractivity contribution in [3.05, 3.63) is 89.7 Å². The summed E-state index contributed by atoms with van der Waals surface area (Å²) in [6.07, 6.45) is 5.50. The third-order valence-corrected chi connectivity index (χ3v) is 7.91. The van der Waals surface area contributed by atoms with Gasteiger partial charge in [0.2, 0.25) is 0 Å². The van der Waals surface area contributed by atoms with E-state index in [0.29, 0.717) is 6.61 Å². The standard InChI is InChI=1S/C29H33N5O/c1-21(2)34-27(31-32-33-34)22-9-11-23(12-10-22)29(4,28(3)17-7-18-28)24-13-15-26(16-14-24)35-20-25-8-5-6-19-30-25/h5-6,8-16,19,21H,7,17-18,20H2,1-4H3. The van der Waals surface area contributed by atoms with Gasteiger partial charge in [-0.2, -0.15) is 0 Å². The van der Waals surface area contributed by atoms with Crippen molar-refractivity contribution in [2.24, 2.45) is 5.41 Å². The zero-order chi connectivity index (χ0) is 24.5. The van der Waals surface area contributed by atoms with Crippen molar-refractivity contribution in [3.63, 3.8) is 0 Å². The monoisotopic (exact) mass is 467 g/mol. The number of hydrogen-bond donors (Lipinski definition) is 0. The second-order valence-corrected chi connectivity index (χ2v) is 10.3. The van der Waals surface area contributed by atoms with Crippen molar-refractivity contribution < 1.29 is 4.74 Å². The summed E-state index contributed by atoms with van der Waals surface area (Å²) in [6, 6.07) is 23.5. The van der Waals surface area contributed by atoms with Crippen LogP contribution in [0.1, 0.15) is 69.8 Å². The van der Waals surface area contributed by atoms with E-state index in [0.717, 1.165) is 22.8 Å². The number of rotatable bonds is 8. The van der Waals surface area contributed by atoms with E-state index in [9.17, 15) is 0 Å². The topological polar surface area (TPSA) is 65.7 Å². The van der Waals surface area contributed by atoms with Crippen LogP contribution in [0.5, 0.6) is 5.75 Å². The third-order valence-electron chi connectivity index (χ3n) is 7.91. The Morgan fingerprint density at radius 3 is 2.23 bits per heavy atom. The van der Waals surface area contributed by atoms with E-state index in [2.05, 4.69) is 96.7 Å². The summed E-state index contributed by atoms with van der Waals surface area (Å²) >= 11 is 0. The number of aromatic nitrogens is 5.